The molecule has 0 spiro atoms. The van der Waals surface area contributed by atoms with Gasteiger partial charge in [-0.2, -0.15) is 0 Å². The molecule has 18 heteroatoms. The number of esters is 6. The molecule has 1 saturated heterocycles. The van der Waals surface area contributed by atoms with Gasteiger partial charge in [-0.3, -0.25) is 33.6 Å². The zero-order chi connectivity index (χ0) is 41.7. The first-order valence-electron chi connectivity index (χ1n) is 19.0. The van der Waals surface area contributed by atoms with Crippen LogP contribution in [0.5, 0.6) is 0 Å². The SMILES string of the molecule is CC(=O)OC[C@@]12[C@@H]3[C@@H](CC[C@]1(O)C[C@@H](O[C@@H]1O[C@@H](C)[C@H](OC(C)=O)[C@@H](OC(C)=O)[C@H]1OC(C)=O)C[C@H]2OC(C)=O)[C@@]1(O)CC[C@H](C(=O)O)[C@@]1(C)C[C@H]3OC(C)=O. The quantitative estimate of drug-likeness (QED) is 0.161. The predicted molar refractivity (Wildman–Crippen MR) is 184 cm³/mol. The van der Waals surface area contributed by atoms with Gasteiger partial charge >= 0.3 is 41.8 Å². The second-order valence-corrected chi connectivity index (χ2v) is 16.4. The third kappa shape index (κ3) is 7.61. The van der Waals surface area contributed by atoms with E-state index in [-0.39, 0.29) is 44.9 Å². The van der Waals surface area contributed by atoms with Gasteiger partial charge in [-0.1, -0.05) is 6.92 Å². The fraction of sp³-hybridized carbons (Fsp3) is 0.816. The van der Waals surface area contributed by atoms with Crippen LogP contribution in [0.4, 0.5) is 0 Å². The van der Waals surface area contributed by atoms with E-state index in [0.29, 0.717) is 0 Å². The summed E-state index contributed by atoms with van der Waals surface area (Å²) in [6.45, 7) is 9.51. The number of fused-ring (bicyclic) bond motifs is 5. The molecule has 0 aromatic carbocycles. The summed E-state index contributed by atoms with van der Waals surface area (Å²) in [6, 6.07) is 0. The highest BCUT2D eigenvalue weighted by atomic mass is 16.7. The zero-order valence-electron chi connectivity index (χ0n) is 33.0. The van der Waals surface area contributed by atoms with Crippen molar-refractivity contribution in [3.8, 4) is 0 Å². The third-order valence-electron chi connectivity index (χ3n) is 13.0. The van der Waals surface area contributed by atoms with Gasteiger partial charge in [-0.15, -0.1) is 0 Å². The van der Waals surface area contributed by atoms with Crippen molar-refractivity contribution in [2.45, 2.75) is 161 Å². The van der Waals surface area contributed by atoms with Crippen molar-refractivity contribution in [2.24, 2.45) is 28.6 Å². The summed E-state index contributed by atoms with van der Waals surface area (Å²) in [5, 5.41) is 36.0. The molecule has 15 atom stereocenters. The van der Waals surface area contributed by atoms with Crippen LogP contribution in [0, 0.1) is 28.6 Å². The molecule has 3 N–H and O–H groups in total. The number of carbonyl (C=O) groups is 7. The Labute approximate surface area is 324 Å². The minimum Gasteiger partial charge on any atom is -0.481 e. The summed E-state index contributed by atoms with van der Waals surface area (Å²) in [5.41, 5.74) is -6.59. The van der Waals surface area contributed by atoms with Crippen LogP contribution in [0.15, 0.2) is 0 Å². The average molecular weight is 799 g/mol. The minimum atomic E-state index is -1.94. The highest BCUT2D eigenvalue weighted by molar-refractivity contribution is 5.72. The Hall–Kier alpha value is -3.87. The maximum absolute atomic E-state index is 13.1. The monoisotopic (exact) mass is 798 g/mol. The van der Waals surface area contributed by atoms with Gasteiger partial charge in [0.25, 0.3) is 0 Å². The number of ether oxygens (including phenoxy) is 8. The number of hydrogen-bond acceptors (Lipinski definition) is 17. The molecule has 0 unspecified atom stereocenters. The average Bonchev–Trinajstić information content (AvgIpc) is 3.33. The molecule has 4 aliphatic carbocycles. The van der Waals surface area contributed by atoms with E-state index >= 15 is 0 Å². The van der Waals surface area contributed by atoms with E-state index in [9.17, 15) is 48.9 Å². The largest absolute Gasteiger partial charge is 0.481 e. The Morgan fingerprint density at radius 3 is 1.84 bits per heavy atom. The van der Waals surface area contributed by atoms with Gasteiger partial charge in [0, 0.05) is 65.7 Å². The van der Waals surface area contributed by atoms with Crippen LogP contribution in [0.2, 0.25) is 0 Å². The topological polar surface area (TPSA) is 254 Å². The number of aliphatic hydroxyl groups is 2. The standard InChI is InChI=1S/C38H54O18/c1-17-30(53-21(5)42)31(54-22(6)43)32(55-23(7)44)34(50-17)56-24-13-28(52-20(4)41)37(16-49-18(2)39)29-25(9-11-36(37,47)14-24)38(48)12-10-26(33(45)46)35(38,8)15-27(29)51-19(3)40/h17,24-32,34,47-48H,9-16H2,1-8H3,(H,45,46)/t17-,24-,25+,26+,27+,28+,29+,30-,31+,32+,34-,35+,36-,37+,38-/m0/s1. The van der Waals surface area contributed by atoms with Gasteiger partial charge in [-0.05, 0) is 44.9 Å². The maximum atomic E-state index is 13.1. The lowest BCUT2D eigenvalue weighted by molar-refractivity contribution is -0.344. The van der Waals surface area contributed by atoms with Crippen LogP contribution < -0.4 is 0 Å². The van der Waals surface area contributed by atoms with Crippen LogP contribution in [0.1, 0.15) is 100 Å². The van der Waals surface area contributed by atoms with Crippen molar-refractivity contribution in [3.05, 3.63) is 0 Å². The summed E-state index contributed by atoms with van der Waals surface area (Å²) >= 11 is 0. The van der Waals surface area contributed by atoms with Gasteiger partial charge in [0.15, 0.2) is 24.6 Å². The number of rotatable bonds is 10. The summed E-state index contributed by atoms with van der Waals surface area (Å²) in [7, 11) is 0. The van der Waals surface area contributed by atoms with Gasteiger partial charge in [-0.25, -0.2) is 0 Å². The molecule has 5 aliphatic rings. The highest BCUT2D eigenvalue weighted by Gasteiger charge is 2.77. The maximum Gasteiger partial charge on any atom is 0.307 e. The molecule has 5 fully saturated rings. The lowest BCUT2D eigenvalue weighted by atomic mass is 9.40. The van der Waals surface area contributed by atoms with Gasteiger partial charge in [0.2, 0.25) is 0 Å². The van der Waals surface area contributed by atoms with E-state index in [4.69, 9.17) is 37.9 Å². The lowest BCUT2D eigenvalue weighted by Gasteiger charge is -2.68. The Morgan fingerprint density at radius 1 is 0.714 bits per heavy atom. The van der Waals surface area contributed by atoms with E-state index in [1.54, 1.807) is 6.92 Å². The molecule has 0 aromatic heterocycles. The fourth-order valence-electron chi connectivity index (χ4n) is 11.1. The molecule has 5 rings (SSSR count). The number of carboxylic acid groups (broad SMARTS) is 1. The summed E-state index contributed by atoms with van der Waals surface area (Å²) in [6.07, 6.45) is -10.4. The second kappa shape index (κ2) is 15.8. The fourth-order valence-corrected chi connectivity index (χ4v) is 11.1. The Balaban J connectivity index is 1.61. The van der Waals surface area contributed by atoms with Crippen molar-refractivity contribution in [2.75, 3.05) is 6.61 Å². The third-order valence-corrected chi connectivity index (χ3v) is 13.0. The normalized spacial score (nSPS) is 42.7. The predicted octanol–water partition coefficient (Wildman–Crippen LogP) is 1.51. The number of carboxylic acids is 1. The Bertz CT molecular complexity index is 1600. The smallest absolute Gasteiger partial charge is 0.307 e. The van der Waals surface area contributed by atoms with Crippen LogP contribution in [-0.4, -0.2) is 124 Å². The van der Waals surface area contributed by atoms with E-state index in [1.807, 2.05) is 0 Å². The van der Waals surface area contributed by atoms with Crippen molar-refractivity contribution < 1.29 is 86.8 Å². The number of hydrogen-bond donors (Lipinski definition) is 3. The Morgan fingerprint density at radius 2 is 1.29 bits per heavy atom. The molecule has 0 aromatic rings. The van der Waals surface area contributed by atoms with Crippen molar-refractivity contribution in [3.63, 3.8) is 0 Å². The molecule has 4 saturated carbocycles. The number of aliphatic carboxylic acids is 1. The van der Waals surface area contributed by atoms with Gasteiger partial charge < -0.3 is 53.2 Å². The van der Waals surface area contributed by atoms with Gasteiger partial charge in [0.1, 0.15) is 18.8 Å². The Kier molecular flexibility index (Phi) is 12.2. The van der Waals surface area contributed by atoms with Crippen LogP contribution in [0.25, 0.3) is 0 Å². The molecular weight excluding hydrogens is 744 g/mol. The first-order valence-corrected chi connectivity index (χ1v) is 19.0. The van der Waals surface area contributed by atoms with E-state index in [1.165, 1.54) is 13.8 Å². The summed E-state index contributed by atoms with van der Waals surface area (Å²) in [4.78, 5) is 87.5. The zero-order valence-corrected chi connectivity index (χ0v) is 33.0. The molecule has 1 aliphatic heterocycles. The molecule has 0 bridgehead atoms. The summed E-state index contributed by atoms with van der Waals surface area (Å²) < 4.78 is 46.7. The van der Waals surface area contributed by atoms with E-state index in [0.717, 1.165) is 34.6 Å². The van der Waals surface area contributed by atoms with Crippen molar-refractivity contribution in [1.29, 1.82) is 0 Å². The lowest BCUT2D eigenvalue weighted by Crippen LogP contribution is -2.77. The number of carbonyl (C=O) groups excluding carboxylic acids is 6. The first-order chi connectivity index (χ1) is 26.0. The van der Waals surface area contributed by atoms with Gasteiger partial charge in [0.05, 0.1) is 34.7 Å². The molecule has 0 radical (unpaired) electrons. The summed E-state index contributed by atoms with van der Waals surface area (Å²) in [5.74, 6) is -8.48. The molecule has 0 amide bonds. The molecule has 56 heavy (non-hydrogen) atoms. The van der Waals surface area contributed by atoms with Crippen molar-refractivity contribution >= 4 is 41.8 Å². The van der Waals surface area contributed by atoms with Crippen molar-refractivity contribution in [1.82, 2.24) is 0 Å². The molecule has 18 nitrogen and oxygen atoms in total. The first kappa shape index (κ1) is 43.3. The van der Waals surface area contributed by atoms with Crippen LogP contribution in [-0.2, 0) is 71.5 Å². The molecule has 1 heterocycles. The highest BCUT2D eigenvalue weighted by Crippen LogP contribution is 2.71. The molecular formula is C38H54O18. The van der Waals surface area contributed by atoms with E-state index in [2.05, 4.69) is 0 Å². The minimum absolute atomic E-state index is 0.0874. The van der Waals surface area contributed by atoms with E-state index < -0.39 is 137 Å². The van der Waals surface area contributed by atoms with Crippen LogP contribution >= 0.6 is 0 Å². The van der Waals surface area contributed by atoms with Crippen LogP contribution in [0.3, 0.4) is 0 Å². The second-order valence-electron chi connectivity index (χ2n) is 16.4. The molecule has 314 valence electrons.